The molecule has 4 nitrogen and oxygen atoms in total. The minimum atomic E-state index is -0.446. The number of halogens is 1. The van der Waals surface area contributed by atoms with Gasteiger partial charge in [-0.3, -0.25) is 0 Å². The van der Waals surface area contributed by atoms with Crippen LogP contribution in [0.1, 0.15) is 71.3 Å². The molecule has 1 heterocycles. The molecule has 1 amide bonds. The molecule has 0 saturated carbocycles. The predicted molar refractivity (Wildman–Crippen MR) is 125 cm³/mol. The molecule has 30 heavy (non-hydrogen) atoms. The Morgan fingerprint density at radius 2 is 2.07 bits per heavy atom. The topological polar surface area (TPSA) is 55.6 Å². The van der Waals surface area contributed by atoms with E-state index in [9.17, 15) is 4.79 Å². The van der Waals surface area contributed by atoms with Gasteiger partial charge in [-0.15, -0.1) is 0 Å². The van der Waals surface area contributed by atoms with Crippen LogP contribution in [0.5, 0.6) is 0 Å². The van der Waals surface area contributed by atoms with Crippen molar-refractivity contribution in [1.82, 2.24) is 4.90 Å². The minimum Gasteiger partial charge on any atom is -0.444 e. The summed E-state index contributed by atoms with van der Waals surface area (Å²) in [5.74, 6) is 1.12. The first-order valence-corrected chi connectivity index (χ1v) is 11.8. The molecule has 1 unspecified atom stereocenters. The van der Waals surface area contributed by atoms with Gasteiger partial charge in [0, 0.05) is 13.1 Å². The van der Waals surface area contributed by atoms with Crippen LogP contribution in [0.4, 0.5) is 10.5 Å². The van der Waals surface area contributed by atoms with Crippen molar-refractivity contribution in [3.05, 3.63) is 40.4 Å². The number of benzene rings is 1. The number of hydrogen-bond acceptors (Lipinski definition) is 3. The van der Waals surface area contributed by atoms with Crippen molar-refractivity contribution >= 4 is 23.4 Å². The maximum Gasteiger partial charge on any atom is 0.410 e. The lowest BCUT2D eigenvalue weighted by molar-refractivity contribution is 0.0282. The van der Waals surface area contributed by atoms with Crippen LogP contribution < -0.4 is 5.73 Å². The molecule has 2 atom stereocenters. The van der Waals surface area contributed by atoms with E-state index < -0.39 is 5.60 Å². The van der Waals surface area contributed by atoms with E-state index in [-0.39, 0.29) is 6.09 Å². The van der Waals surface area contributed by atoms with Crippen molar-refractivity contribution in [3.8, 4) is 0 Å². The van der Waals surface area contributed by atoms with Crippen LogP contribution in [0.3, 0.4) is 0 Å². The van der Waals surface area contributed by atoms with E-state index in [1.165, 1.54) is 37.7 Å². The Bertz CT molecular complexity index is 769. The Labute approximate surface area is 186 Å². The fourth-order valence-corrected chi connectivity index (χ4v) is 4.90. The van der Waals surface area contributed by atoms with Crippen LogP contribution in [0.2, 0.25) is 5.02 Å². The van der Waals surface area contributed by atoms with E-state index in [1.54, 1.807) is 5.57 Å². The van der Waals surface area contributed by atoms with Crippen molar-refractivity contribution < 1.29 is 9.53 Å². The fraction of sp³-hybridized carbons (Fsp3) is 0.640. The molecule has 166 valence electrons. The third kappa shape index (κ3) is 6.66. The first kappa shape index (κ1) is 23.0. The summed E-state index contributed by atoms with van der Waals surface area (Å²) in [4.78, 5) is 14.4. The lowest BCUT2D eigenvalue weighted by Crippen LogP contribution is -2.35. The number of likely N-dealkylation sites (tertiary alicyclic amines) is 1. The van der Waals surface area contributed by atoms with Crippen molar-refractivity contribution in [2.45, 2.75) is 77.7 Å². The lowest BCUT2D eigenvalue weighted by atomic mass is 9.82. The molecule has 5 heteroatoms. The summed E-state index contributed by atoms with van der Waals surface area (Å²) in [5, 5.41) is 0.636. The highest BCUT2D eigenvalue weighted by Gasteiger charge is 2.33. The summed E-state index contributed by atoms with van der Waals surface area (Å²) in [7, 11) is 0. The number of allylic oxidation sites excluding steroid dienone is 2. The molecule has 1 aliphatic heterocycles. The van der Waals surface area contributed by atoms with Crippen molar-refractivity contribution in [2.24, 2.45) is 11.8 Å². The van der Waals surface area contributed by atoms with Gasteiger partial charge in [0.25, 0.3) is 0 Å². The van der Waals surface area contributed by atoms with Gasteiger partial charge >= 0.3 is 6.09 Å². The third-order valence-electron chi connectivity index (χ3n) is 6.38. The number of carbonyl (C=O) groups is 1. The maximum absolute atomic E-state index is 12.5. The average molecular weight is 433 g/mol. The smallest absolute Gasteiger partial charge is 0.410 e. The molecule has 3 rings (SSSR count). The van der Waals surface area contributed by atoms with Crippen molar-refractivity contribution in [1.29, 1.82) is 0 Å². The van der Waals surface area contributed by atoms with Crippen LogP contribution in [0, 0.1) is 11.8 Å². The molecule has 0 radical (unpaired) electrons. The zero-order valence-corrected chi connectivity index (χ0v) is 19.5. The van der Waals surface area contributed by atoms with Crippen LogP contribution in [-0.4, -0.2) is 29.7 Å². The standard InChI is InChI=1S/C25H37ClN2O2/c1-25(2,3)30-24(29)28-15-14-21(17-28)20(11-8-18-6-4-5-7-18)12-9-19-10-13-23(27)22(26)16-19/h6,10,13,16,20-21H,4-5,7-9,11-12,14-15,17,27H2,1-3H3/t20?,21-/m0/s1. The van der Waals surface area contributed by atoms with Gasteiger partial charge in [0.2, 0.25) is 0 Å². The monoisotopic (exact) mass is 432 g/mol. The SMILES string of the molecule is CC(C)(C)OC(=O)N1CC[C@H](C(CCC2=CCCC2)CCc2ccc(N)c(Cl)c2)C1. The van der Waals surface area contributed by atoms with Crippen LogP contribution in [-0.2, 0) is 11.2 Å². The molecule has 2 N–H and O–H groups in total. The fourth-order valence-electron chi connectivity index (χ4n) is 4.69. The second kappa shape index (κ2) is 10.1. The number of nitrogens with zero attached hydrogens (tertiary/aromatic N) is 1. The Hall–Kier alpha value is -1.68. The van der Waals surface area contributed by atoms with Crippen molar-refractivity contribution in [3.63, 3.8) is 0 Å². The molecular formula is C25H37ClN2O2. The Morgan fingerprint density at radius 1 is 1.30 bits per heavy atom. The molecule has 1 aliphatic carbocycles. The highest BCUT2D eigenvalue weighted by atomic mass is 35.5. The molecule has 1 aromatic rings. The van der Waals surface area contributed by atoms with Gasteiger partial charge < -0.3 is 15.4 Å². The van der Waals surface area contributed by atoms with E-state index in [1.807, 2.05) is 37.8 Å². The first-order valence-electron chi connectivity index (χ1n) is 11.4. The number of anilines is 1. The van der Waals surface area contributed by atoms with Gasteiger partial charge in [-0.05, 0) is 102 Å². The number of nitrogens with two attached hydrogens (primary N) is 1. The summed E-state index contributed by atoms with van der Waals surface area (Å²) in [6.45, 7) is 7.38. The van der Waals surface area contributed by atoms with Gasteiger partial charge in [0.15, 0.2) is 0 Å². The average Bonchev–Trinajstić information content (AvgIpc) is 3.35. The van der Waals surface area contributed by atoms with Gasteiger partial charge in [0.1, 0.15) is 5.60 Å². The third-order valence-corrected chi connectivity index (χ3v) is 6.71. The van der Waals surface area contributed by atoms with E-state index in [4.69, 9.17) is 22.1 Å². The summed E-state index contributed by atoms with van der Waals surface area (Å²) in [6, 6.07) is 5.98. The molecule has 0 aromatic heterocycles. The zero-order chi connectivity index (χ0) is 21.7. The second-order valence-corrected chi connectivity index (χ2v) is 10.3. The van der Waals surface area contributed by atoms with Gasteiger partial charge in [-0.25, -0.2) is 4.79 Å². The van der Waals surface area contributed by atoms with E-state index in [2.05, 4.69) is 12.1 Å². The summed E-state index contributed by atoms with van der Waals surface area (Å²) < 4.78 is 5.60. The molecular weight excluding hydrogens is 396 g/mol. The highest BCUT2D eigenvalue weighted by Crippen LogP contribution is 2.34. The second-order valence-electron chi connectivity index (χ2n) is 9.92. The molecule has 1 saturated heterocycles. The number of hydrogen-bond donors (Lipinski definition) is 1. The summed E-state index contributed by atoms with van der Waals surface area (Å²) in [6.07, 6.45) is 11.6. The Kier molecular flexibility index (Phi) is 7.73. The van der Waals surface area contributed by atoms with Gasteiger partial charge in [0.05, 0.1) is 10.7 Å². The summed E-state index contributed by atoms with van der Waals surface area (Å²) in [5.41, 5.74) is 8.91. The molecule has 0 spiro atoms. The number of amides is 1. The maximum atomic E-state index is 12.5. The normalized spacial score (nSPS) is 20.3. The quantitative estimate of drug-likeness (QED) is 0.389. The predicted octanol–water partition coefficient (Wildman–Crippen LogP) is 6.62. The molecule has 1 aromatic carbocycles. The van der Waals surface area contributed by atoms with Crippen molar-refractivity contribution in [2.75, 3.05) is 18.8 Å². The Balaban J connectivity index is 1.61. The van der Waals surface area contributed by atoms with E-state index in [0.29, 0.717) is 22.5 Å². The van der Waals surface area contributed by atoms with Gasteiger partial charge in [-0.1, -0.05) is 29.3 Å². The Morgan fingerprint density at radius 3 is 2.73 bits per heavy atom. The molecule has 2 aliphatic rings. The van der Waals surface area contributed by atoms with Crippen LogP contribution in [0.15, 0.2) is 29.8 Å². The van der Waals surface area contributed by atoms with E-state index >= 15 is 0 Å². The van der Waals surface area contributed by atoms with Gasteiger partial charge in [-0.2, -0.15) is 0 Å². The number of nitrogen functional groups attached to an aromatic ring is 1. The summed E-state index contributed by atoms with van der Waals surface area (Å²) >= 11 is 6.22. The lowest BCUT2D eigenvalue weighted by Gasteiger charge is -2.26. The van der Waals surface area contributed by atoms with Crippen LogP contribution in [0.25, 0.3) is 0 Å². The number of aryl methyl sites for hydroxylation is 1. The first-order chi connectivity index (χ1) is 14.2. The zero-order valence-electron chi connectivity index (χ0n) is 18.8. The molecule has 1 fully saturated rings. The largest absolute Gasteiger partial charge is 0.444 e. The van der Waals surface area contributed by atoms with E-state index in [0.717, 1.165) is 32.4 Å². The van der Waals surface area contributed by atoms with Crippen LogP contribution >= 0.6 is 11.6 Å². The number of ether oxygens (including phenoxy) is 1. The number of rotatable bonds is 7. The highest BCUT2D eigenvalue weighted by molar-refractivity contribution is 6.33. The minimum absolute atomic E-state index is 0.174. The molecule has 0 bridgehead atoms. The number of carbonyl (C=O) groups excluding carboxylic acids is 1.